The van der Waals surface area contributed by atoms with Crippen LogP contribution in [0.5, 0.6) is 0 Å². The molecule has 1 amide bonds. The maximum Gasteiger partial charge on any atom is 0.416 e. The molecule has 1 atom stereocenters. The van der Waals surface area contributed by atoms with Crippen LogP contribution in [0.3, 0.4) is 0 Å². The van der Waals surface area contributed by atoms with Gasteiger partial charge in [0, 0.05) is 17.3 Å². The van der Waals surface area contributed by atoms with E-state index < -0.39 is 23.7 Å². The molecular formula is C20H18ClF3N4OS. The molecule has 0 aliphatic carbocycles. The Kier molecular flexibility index (Phi) is 7.04. The maximum atomic E-state index is 12.9. The monoisotopic (exact) mass is 454 g/mol. The van der Waals surface area contributed by atoms with Crippen molar-refractivity contribution in [1.82, 2.24) is 19.9 Å². The van der Waals surface area contributed by atoms with E-state index in [0.29, 0.717) is 17.9 Å². The molecule has 0 aliphatic rings. The molecule has 5 nitrogen and oxygen atoms in total. The first-order valence-electron chi connectivity index (χ1n) is 8.93. The number of hydrogen-bond acceptors (Lipinski definition) is 4. The van der Waals surface area contributed by atoms with E-state index in [4.69, 9.17) is 11.6 Å². The topological polar surface area (TPSA) is 59.3 Å². The Morgan fingerprint density at radius 1 is 1.30 bits per heavy atom. The summed E-state index contributed by atoms with van der Waals surface area (Å²) in [7, 11) is 0. The van der Waals surface area contributed by atoms with E-state index >= 15 is 0 Å². The van der Waals surface area contributed by atoms with Crippen LogP contribution < -0.4 is 5.32 Å². The number of pyridine rings is 1. The van der Waals surface area contributed by atoms with Crippen molar-refractivity contribution in [2.45, 2.75) is 18.6 Å². The number of nitrogens with one attached hydrogen (secondary N) is 1. The lowest BCUT2D eigenvalue weighted by molar-refractivity contribution is -0.137. The lowest BCUT2D eigenvalue weighted by Gasteiger charge is -2.16. The van der Waals surface area contributed by atoms with Crippen LogP contribution in [0.1, 0.15) is 29.4 Å². The zero-order chi connectivity index (χ0) is 21.7. The van der Waals surface area contributed by atoms with Crippen LogP contribution in [0.15, 0.2) is 48.7 Å². The summed E-state index contributed by atoms with van der Waals surface area (Å²) in [6, 6.07) is 8.03. The summed E-state index contributed by atoms with van der Waals surface area (Å²) in [5.74, 6) is 0.885. The maximum absolute atomic E-state index is 12.9. The van der Waals surface area contributed by atoms with Gasteiger partial charge in [-0.25, -0.2) is 0 Å². The summed E-state index contributed by atoms with van der Waals surface area (Å²) in [5.41, 5.74) is -0.0721. The molecule has 0 saturated carbocycles. The van der Waals surface area contributed by atoms with E-state index in [1.165, 1.54) is 6.08 Å². The Balaban J connectivity index is 1.80. The zero-order valence-electron chi connectivity index (χ0n) is 15.9. The third-order valence-electron chi connectivity index (χ3n) is 4.32. The third kappa shape index (κ3) is 5.34. The van der Waals surface area contributed by atoms with E-state index in [1.54, 1.807) is 28.4 Å². The van der Waals surface area contributed by atoms with Crippen molar-refractivity contribution in [1.29, 1.82) is 0 Å². The molecule has 0 radical (unpaired) electrons. The molecule has 2 heterocycles. The van der Waals surface area contributed by atoms with Crippen LogP contribution in [-0.2, 0) is 11.0 Å². The molecule has 0 aliphatic heterocycles. The van der Waals surface area contributed by atoms with Crippen LogP contribution in [0, 0.1) is 0 Å². The Labute approximate surface area is 180 Å². The highest BCUT2D eigenvalue weighted by Crippen LogP contribution is 2.32. The Hall–Kier alpha value is -2.52. The van der Waals surface area contributed by atoms with Crippen molar-refractivity contribution in [3.05, 3.63) is 70.6 Å². The van der Waals surface area contributed by atoms with Crippen LogP contribution in [0.25, 0.3) is 11.7 Å². The second-order valence-corrected chi connectivity index (χ2v) is 7.79. The molecule has 0 fully saturated rings. The lowest BCUT2D eigenvalue weighted by atomic mass is 10.1. The molecule has 3 rings (SSSR count). The summed E-state index contributed by atoms with van der Waals surface area (Å²) in [4.78, 5) is 12.5. The summed E-state index contributed by atoms with van der Waals surface area (Å²) in [6.07, 6.45) is 2.31. The molecule has 158 valence electrons. The number of halogens is 4. The number of rotatable bonds is 7. The molecule has 0 spiro atoms. The number of aromatic nitrogens is 3. The molecule has 2 aromatic heterocycles. The fourth-order valence-corrected chi connectivity index (χ4v) is 3.48. The molecule has 1 aromatic carbocycles. The van der Waals surface area contributed by atoms with E-state index in [1.807, 2.05) is 18.4 Å². The van der Waals surface area contributed by atoms with Gasteiger partial charge in [-0.15, -0.1) is 10.2 Å². The number of nitrogens with zero attached hydrogens (tertiary/aromatic N) is 3. The van der Waals surface area contributed by atoms with Crippen molar-refractivity contribution < 1.29 is 18.0 Å². The Bertz CT molecular complexity index is 1070. The smallest absolute Gasteiger partial charge is 0.342 e. The number of amides is 1. The zero-order valence-corrected chi connectivity index (χ0v) is 17.4. The number of alkyl halides is 3. The largest absolute Gasteiger partial charge is 0.416 e. The fraction of sp³-hybridized carbons (Fsp3) is 0.250. The van der Waals surface area contributed by atoms with Crippen molar-refractivity contribution in [2.24, 2.45) is 0 Å². The van der Waals surface area contributed by atoms with Gasteiger partial charge in [0.05, 0.1) is 11.6 Å². The van der Waals surface area contributed by atoms with Gasteiger partial charge in [-0.05, 0) is 60.4 Å². The third-order valence-corrected chi connectivity index (χ3v) is 5.30. The molecule has 1 N–H and O–H groups in total. The van der Waals surface area contributed by atoms with Gasteiger partial charge >= 0.3 is 6.18 Å². The summed E-state index contributed by atoms with van der Waals surface area (Å²) in [6.45, 7) is 0. The highest BCUT2D eigenvalue weighted by atomic mass is 35.5. The van der Waals surface area contributed by atoms with Gasteiger partial charge in [0.1, 0.15) is 0 Å². The van der Waals surface area contributed by atoms with Gasteiger partial charge in [-0.2, -0.15) is 24.9 Å². The van der Waals surface area contributed by atoms with Crippen LogP contribution in [-0.4, -0.2) is 32.5 Å². The number of carbonyl (C=O) groups excluding carboxylic acids is 1. The molecule has 30 heavy (non-hydrogen) atoms. The van der Waals surface area contributed by atoms with Gasteiger partial charge < -0.3 is 5.32 Å². The van der Waals surface area contributed by atoms with E-state index in [2.05, 4.69) is 15.5 Å². The molecule has 3 aromatic rings. The first-order chi connectivity index (χ1) is 14.3. The van der Waals surface area contributed by atoms with Gasteiger partial charge in [-0.3, -0.25) is 9.20 Å². The number of benzene rings is 1. The van der Waals surface area contributed by atoms with E-state index in [9.17, 15) is 18.0 Å². The molecule has 1 unspecified atom stereocenters. The predicted molar refractivity (Wildman–Crippen MR) is 112 cm³/mol. The minimum Gasteiger partial charge on any atom is -0.342 e. The molecular weight excluding hydrogens is 437 g/mol. The number of fused-ring (bicyclic) bond motifs is 1. The van der Waals surface area contributed by atoms with Crippen LogP contribution in [0.4, 0.5) is 13.2 Å². The normalized spacial score (nSPS) is 13.1. The standard InChI is InChI=1S/C20H18ClF3N4OS/c1-30-11-9-16(19-27-26-17-4-2-3-10-28(17)19)25-18(29)8-5-13-12-14(20(22,23)24)6-7-15(13)21/h2-8,10,12,16H,9,11H2,1H3,(H,25,29)/b8-5-. The highest BCUT2D eigenvalue weighted by molar-refractivity contribution is 7.98. The van der Waals surface area contributed by atoms with Crippen molar-refractivity contribution in [2.75, 3.05) is 12.0 Å². The second kappa shape index (κ2) is 9.53. The van der Waals surface area contributed by atoms with Crippen LogP contribution >= 0.6 is 23.4 Å². The number of carbonyl (C=O) groups is 1. The van der Waals surface area contributed by atoms with Gasteiger partial charge in [0.25, 0.3) is 0 Å². The van der Waals surface area contributed by atoms with Gasteiger partial charge in [-0.1, -0.05) is 17.7 Å². The van der Waals surface area contributed by atoms with Gasteiger partial charge in [0.2, 0.25) is 5.91 Å². The summed E-state index contributed by atoms with van der Waals surface area (Å²) in [5, 5.41) is 11.3. The van der Waals surface area contributed by atoms with Crippen molar-refractivity contribution in [3.8, 4) is 0 Å². The van der Waals surface area contributed by atoms with Crippen molar-refractivity contribution >= 4 is 41.0 Å². The van der Waals surface area contributed by atoms with Crippen LogP contribution in [0.2, 0.25) is 5.02 Å². The van der Waals surface area contributed by atoms with E-state index in [-0.39, 0.29) is 10.6 Å². The number of thioether (sulfide) groups is 1. The number of hydrogen-bond donors (Lipinski definition) is 1. The average Bonchev–Trinajstić information content (AvgIpc) is 3.13. The van der Waals surface area contributed by atoms with E-state index in [0.717, 1.165) is 30.0 Å². The van der Waals surface area contributed by atoms with Gasteiger partial charge in [0.15, 0.2) is 11.5 Å². The summed E-state index contributed by atoms with van der Waals surface area (Å²) >= 11 is 7.60. The SMILES string of the molecule is CSCCC(NC(=O)/C=C\c1cc(C(F)(F)F)ccc1Cl)c1nnc2ccccn12. The van der Waals surface area contributed by atoms with Crippen molar-refractivity contribution in [3.63, 3.8) is 0 Å². The first-order valence-corrected chi connectivity index (χ1v) is 10.7. The Morgan fingerprint density at radius 3 is 2.83 bits per heavy atom. The molecule has 10 heteroatoms. The fourth-order valence-electron chi connectivity index (χ4n) is 2.83. The first kappa shape index (κ1) is 22.2. The summed E-state index contributed by atoms with van der Waals surface area (Å²) < 4.78 is 40.5. The average molecular weight is 455 g/mol. The molecule has 0 saturated heterocycles. The highest BCUT2D eigenvalue weighted by Gasteiger charge is 2.30. The lowest BCUT2D eigenvalue weighted by Crippen LogP contribution is -2.29. The predicted octanol–water partition coefficient (Wildman–Crippen LogP) is 5.03. The minimum absolute atomic E-state index is 0.107. The minimum atomic E-state index is -4.49. The second-order valence-electron chi connectivity index (χ2n) is 6.40. The Morgan fingerprint density at radius 2 is 2.10 bits per heavy atom. The molecule has 0 bridgehead atoms. The quantitative estimate of drug-likeness (QED) is 0.509.